The van der Waals surface area contributed by atoms with Crippen LogP contribution in [0.1, 0.15) is 5.56 Å². The van der Waals surface area contributed by atoms with Crippen LogP contribution in [0.2, 0.25) is 5.02 Å². The normalized spacial score (nSPS) is 11.4. The molecule has 0 atom stereocenters. The van der Waals surface area contributed by atoms with E-state index in [1.165, 1.54) is 12.1 Å². The number of benzene rings is 2. The van der Waals surface area contributed by atoms with Crippen LogP contribution >= 0.6 is 11.6 Å². The third kappa shape index (κ3) is 3.03. The first-order chi connectivity index (χ1) is 8.47. The maximum Gasteiger partial charge on any atom is 0.182 e. The van der Waals surface area contributed by atoms with E-state index in [-0.39, 0.29) is 10.6 Å². The van der Waals surface area contributed by atoms with Gasteiger partial charge in [0.1, 0.15) is 0 Å². The second-order valence-corrected chi connectivity index (χ2v) is 6.38. The lowest BCUT2D eigenvalue weighted by atomic mass is 10.2. The van der Waals surface area contributed by atoms with Crippen molar-refractivity contribution in [2.24, 2.45) is 0 Å². The predicted molar refractivity (Wildman–Crippen MR) is 73.2 cm³/mol. The third-order valence-corrected chi connectivity index (χ3v) is 4.42. The van der Waals surface area contributed by atoms with Gasteiger partial charge in [-0.2, -0.15) is 0 Å². The average molecular weight is 282 g/mol. The van der Waals surface area contributed by atoms with E-state index < -0.39 is 9.84 Å². The summed E-state index contributed by atoms with van der Waals surface area (Å²) in [5.41, 5.74) is 6.73. The van der Waals surface area contributed by atoms with Crippen molar-refractivity contribution in [3.05, 3.63) is 59.1 Å². The summed E-state index contributed by atoms with van der Waals surface area (Å²) in [6.45, 7) is 0. The molecule has 0 radical (unpaired) electrons. The van der Waals surface area contributed by atoms with Gasteiger partial charge in [-0.15, -0.1) is 0 Å². The monoisotopic (exact) mass is 281 g/mol. The minimum absolute atomic E-state index is 0.0719. The molecule has 18 heavy (non-hydrogen) atoms. The van der Waals surface area contributed by atoms with Crippen LogP contribution in [0.4, 0.5) is 5.69 Å². The first-order valence-corrected chi connectivity index (χ1v) is 7.33. The van der Waals surface area contributed by atoms with E-state index in [0.29, 0.717) is 16.3 Å². The maximum atomic E-state index is 12.1. The molecule has 0 saturated heterocycles. The molecule has 2 rings (SSSR count). The van der Waals surface area contributed by atoms with E-state index in [1.807, 2.05) is 0 Å². The van der Waals surface area contributed by atoms with Gasteiger partial charge in [0.05, 0.1) is 10.6 Å². The number of nitrogens with two attached hydrogens (primary N) is 1. The summed E-state index contributed by atoms with van der Waals surface area (Å²) in [5, 5.41) is 0.528. The topological polar surface area (TPSA) is 60.2 Å². The molecule has 2 N–H and O–H groups in total. The highest BCUT2D eigenvalue weighted by Crippen LogP contribution is 2.19. The highest BCUT2D eigenvalue weighted by atomic mass is 35.5. The van der Waals surface area contributed by atoms with Gasteiger partial charge in [0, 0.05) is 10.7 Å². The number of rotatable bonds is 3. The van der Waals surface area contributed by atoms with Gasteiger partial charge in [0.15, 0.2) is 9.84 Å². The molecule has 0 bridgehead atoms. The molecular weight excluding hydrogens is 270 g/mol. The molecule has 0 aromatic heterocycles. The van der Waals surface area contributed by atoms with Crippen LogP contribution in [0.5, 0.6) is 0 Å². The molecule has 0 spiro atoms. The summed E-state index contributed by atoms with van der Waals surface area (Å²) in [5.74, 6) is -0.0719. The zero-order valence-electron chi connectivity index (χ0n) is 9.51. The number of sulfone groups is 1. The maximum absolute atomic E-state index is 12.1. The van der Waals surface area contributed by atoms with Gasteiger partial charge in [0.2, 0.25) is 0 Å². The molecule has 0 unspecified atom stereocenters. The van der Waals surface area contributed by atoms with Crippen molar-refractivity contribution in [1.29, 1.82) is 0 Å². The number of anilines is 1. The number of hydrogen-bond donors (Lipinski definition) is 1. The zero-order chi connectivity index (χ0) is 13.2. The Morgan fingerprint density at radius 2 is 1.72 bits per heavy atom. The lowest BCUT2D eigenvalue weighted by Gasteiger charge is -2.05. The molecule has 0 heterocycles. The van der Waals surface area contributed by atoms with Crippen LogP contribution in [0, 0.1) is 0 Å². The van der Waals surface area contributed by atoms with Crippen LogP contribution in [0.15, 0.2) is 53.4 Å². The van der Waals surface area contributed by atoms with Crippen molar-refractivity contribution in [3.63, 3.8) is 0 Å². The second-order valence-electron chi connectivity index (χ2n) is 3.96. The molecule has 0 fully saturated rings. The molecule has 0 aliphatic rings. The van der Waals surface area contributed by atoms with Crippen molar-refractivity contribution >= 4 is 27.1 Å². The van der Waals surface area contributed by atoms with Crippen molar-refractivity contribution in [2.75, 3.05) is 5.73 Å². The standard InChI is InChI=1S/C13H12ClNO2S/c14-11-3-1-2-10(8-11)9-18(16,17)13-6-4-12(15)5-7-13/h1-8H,9,15H2. The van der Waals surface area contributed by atoms with Crippen molar-refractivity contribution in [2.45, 2.75) is 10.6 Å². The molecule has 2 aromatic carbocycles. The van der Waals surface area contributed by atoms with Gasteiger partial charge in [-0.05, 0) is 42.0 Å². The highest BCUT2D eigenvalue weighted by Gasteiger charge is 2.15. The minimum atomic E-state index is -3.36. The van der Waals surface area contributed by atoms with Crippen molar-refractivity contribution in [3.8, 4) is 0 Å². The Balaban J connectivity index is 2.30. The molecule has 0 aliphatic carbocycles. The first-order valence-electron chi connectivity index (χ1n) is 5.30. The Morgan fingerprint density at radius 3 is 2.33 bits per heavy atom. The Bertz CT molecular complexity index is 651. The molecule has 0 aliphatic heterocycles. The van der Waals surface area contributed by atoms with Gasteiger partial charge in [-0.1, -0.05) is 23.7 Å². The molecule has 0 saturated carbocycles. The molecule has 5 heteroatoms. The van der Waals surface area contributed by atoms with Crippen molar-refractivity contribution < 1.29 is 8.42 Å². The van der Waals surface area contributed by atoms with Gasteiger partial charge in [0.25, 0.3) is 0 Å². The summed E-state index contributed by atoms with van der Waals surface area (Å²) in [6.07, 6.45) is 0. The summed E-state index contributed by atoms with van der Waals surface area (Å²) in [7, 11) is -3.36. The van der Waals surface area contributed by atoms with Gasteiger partial charge < -0.3 is 5.73 Å². The number of nitrogen functional groups attached to an aromatic ring is 1. The van der Waals surface area contributed by atoms with Gasteiger partial charge in [-0.25, -0.2) is 8.42 Å². The average Bonchev–Trinajstić information content (AvgIpc) is 2.29. The zero-order valence-corrected chi connectivity index (χ0v) is 11.1. The Morgan fingerprint density at radius 1 is 1.06 bits per heavy atom. The predicted octanol–water partition coefficient (Wildman–Crippen LogP) is 2.90. The quantitative estimate of drug-likeness (QED) is 0.880. The fourth-order valence-electron chi connectivity index (χ4n) is 1.60. The third-order valence-electron chi connectivity index (χ3n) is 2.48. The van der Waals surface area contributed by atoms with Crippen LogP contribution in [0.25, 0.3) is 0 Å². The molecule has 0 amide bonds. The molecule has 2 aromatic rings. The molecular formula is C13H12ClNO2S. The van der Waals surface area contributed by atoms with Crippen LogP contribution < -0.4 is 5.73 Å². The van der Waals surface area contributed by atoms with Crippen molar-refractivity contribution in [1.82, 2.24) is 0 Å². The van der Waals surface area contributed by atoms with E-state index in [9.17, 15) is 8.42 Å². The smallest absolute Gasteiger partial charge is 0.182 e. The second kappa shape index (κ2) is 5.00. The first kappa shape index (κ1) is 12.9. The number of hydrogen-bond acceptors (Lipinski definition) is 3. The minimum Gasteiger partial charge on any atom is -0.399 e. The summed E-state index contributed by atoms with van der Waals surface area (Å²) < 4.78 is 24.3. The lowest BCUT2D eigenvalue weighted by molar-refractivity contribution is 0.595. The Hall–Kier alpha value is -1.52. The van der Waals surface area contributed by atoms with Gasteiger partial charge in [-0.3, -0.25) is 0 Å². The summed E-state index contributed by atoms with van der Waals surface area (Å²) in [4.78, 5) is 0.261. The van der Waals surface area contributed by atoms with E-state index in [1.54, 1.807) is 36.4 Å². The Kier molecular flexibility index (Phi) is 3.59. The molecule has 94 valence electrons. The SMILES string of the molecule is Nc1ccc(S(=O)(=O)Cc2cccc(Cl)c2)cc1. The highest BCUT2D eigenvalue weighted by molar-refractivity contribution is 7.90. The van der Waals surface area contributed by atoms with E-state index >= 15 is 0 Å². The number of halogens is 1. The largest absolute Gasteiger partial charge is 0.399 e. The van der Waals surface area contributed by atoms with Crippen LogP contribution in [0.3, 0.4) is 0 Å². The van der Waals surface area contributed by atoms with Crippen LogP contribution in [-0.4, -0.2) is 8.42 Å². The van der Waals surface area contributed by atoms with E-state index in [4.69, 9.17) is 17.3 Å². The summed E-state index contributed by atoms with van der Waals surface area (Å²) >= 11 is 5.83. The van der Waals surface area contributed by atoms with Crippen LogP contribution in [-0.2, 0) is 15.6 Å². The van der Waals surface area contributed by atoms with E-state index in [0.717, 1.165) is 0 Å². The molecule has 3 nitrogen and oxygen atoms in total. The van der Waals surface area contributed by atoms with Gasteiger partial charge >= 0.3 is 0 Å². The van der Waals surface area contributed by atoms with E-state index in [2.05, 4.69) is 0 Å². The fourth-order valence-corrected chi connectivity index (χ4v) is 3.15. The lowest BCUT2D eigenvalue weighted by Crippen LogP contribution is -2.05. The summed E-state index contributed by atoms with van der Waals surface area (Å²) in [6, 6.07) is 13.0. The fraction of sp³-hybridized carbons (Fsp3) is 0.0769. The Labute approximate surface area is 111 Å².